The highest BCUT2D eigenvalue weighted by Gasteiger charge is 2.23. The molecule has 0 aliphatic rings. The molecule has 7 aromatic carbocycles. The van der Waals surface area contributed by atoms with Crippen molar-refractivity contribution in [1.82, 2.24) is 0 Å². The Bertz CT molecular complexity index is 3070. The van der Waals surface area contributed by atoms with Crippen LogP contribution in [0.2, 0.25) is 0 Å². The predicted octanol–water partition coefficient (Wildman–Crippen LogP) is 11.6. The summed E-state index contributed by atoms with van der Waals surface area (Å²) in [4.78, 5) is 0. The van der Waals surface area contributed by atoms with Crippen LogP contribution < -0.4 is 0 Å². The second-order valence-corrected chi connectivity index (χ2v) is 9.87. The molecule has 0 unspecified atom stereocenters. The zero-order chi connectivity index (χ0) is 38.9. The first-order valence-corrected chi connectivity index (χ1v) is 13.2. The average molecular weight is 550 g/mol. The van der Waals surface area contributed by atoms with E-state index in [9.17, 15) is 5.48 Å². The molecule has 0 aliphatic carbocycles. The molecule has 2 heterocycles. The smallest absolute Gasteiger partial charge is 0.179 e. The maximum absolute atomic E-state index is 9.39. The van der Waals surface area contributed by atoms with Gasteiger partial charge in [-0.1, -0.05) is 127 Å². The quantitative estimate of drug-likeness (QED) is 0.205. The fraction of sp³-hybridized carbons (Fsp3) is 0. The van der Waals surface area contributed by atoms with E-state index in [4.69, 9.17) is 21.2 Å². The van der Waals surface area contributed by atoms with Crippen molar-refractivity contribution in [3.8, 4) is 33.6 Å². The van der Waals surface area contributed by atoms with Crippen molar-refractivity contribution in [3.63, 3.8) is 0 Å². The molecule has 42 heavy (non-hydrogen) atoms. The minimum atomic E-state index is -0.728. The van der Waals surface area contributed by atoms with Crippen LogP contribution in [0.15, 0.2) is 154 Å². The van der Waals surface area contributed by atoms with Crippen LogP contribution in [-0.2, 0) is 0 Å². The molecule has 0 bridgehead atoms. The Labute approximate surface area is 260 Å². The second-order valence-electron chi connectivity index (χ2n) is 9.87. The Morgan fingerprint density at radius 2 is 1.10 bits per heavy atom. The summed E-state index contributed by atoms with van der Waals surface area (Å²) in [5.41, 5.74) is 1.39. The van der Waals surface area contributed by atoms with Crippen LogP contribution in [0, 0.1) is 0 Å². The third-order valence-corrected chi connectivity index (χ3v) is 7.58. The lowest BCUT2D eigenvalue weighted by Gasteiger charge is -2.18. The largest absolute Gasteiger partial charge is 0.452 e. The molecule has 2 aromatic heterocycles. The van der Waals surface area contributed by atoms with Crippen LogP contribution in [0.25, 0.3) is 88.0 Å². The minimum Gasteiger partial charge on any atom is -0.452 e. The molecule has 0 N–H and O–H groups in total. The van der Waals surface area contributed by atoms with E-state index in [0.29, 0.717) is 38.6 Å². The minimum absolute atomic E-state index is 0.0148. The summed E-state index contributed by atoms with van der Waals surface area (Å²) in [5, 5.41) is 0.634. The SMILES string of the molecule is [2H]c1c([2H])c([2H])c(-c2c3c([2H])c([2H])c([2H])c([2H])c3c(-c3cc4cc(-c5ccccc5)oc4c4oc5ccccc5c34)c3c([2H])c([2H])c([2H])c([2H])c23)c([2H])c1[2H]. The van der Waals surface area contributed by atoms with E-state index in [1.54, 1.807) is 36.4 Å². The predicted molar refractivity (Wildman–Crippen MR) is 175 cm³/mol. The maximum Gasteiger partial charge on any atom is 0.179 e. The van der Waals surface area contributed by atoms with Crippen molar-refractivity contribution < 1.29 is 26.7 Å². The van der Waals surface area contributed by atoms with Gasteiger partial charge in [-0.2, -0.15) is 0 Å². The van der Waals surface area contributed by atoms with Crippen LogP contribution >= 0.6 is 0 Å². The number of furan rings is 2. The number of rotatable bonds is 3. The molecule has 0 saturated carbocycles. The normalized spacial score (nSPS) is 16.1. The molecule has 196 valence electrons. The Kier molecular flexibility index (Phi) is 2.95. The molecule has 0 atom stereocenters. The fourth-order valence-corrected chi connectivity index (χ4v) is 5.85. The average Bonchev–Trinajstić information content (AvgIpc) is 3.81. The Morgan fingerprint density at radius 1 is 0.476 bits per heavy atom. The summed E-state index contributed by atoms with van der Waals surface area (Å²) in [7, 11) is 0. The molecule has 2 nitrogen and oxygen atoms in total. The number of hydrogen-bond donors (Lipinski definition) is 0. The van der Waals surface area contributed by atoms with E-state index in [0.717, 1.165) is 5.56 Å². The first-order chi connectivity index (χ1) is 26.2. The van der Waals surface area contributed by atoms with Crippen molar-refractivity contribution in [2.45, 2.75) is 0 Å². The van der Waals surface area contributed by atoms with Gasteiger partial charge in [0.05, 0.1) is 17.8 Å². The number of benzene rings is 7. The van der Waals surface area contributed by atoms with Crippen LogP contribution in [0.1, 0.15) is 17.8 Å². The zero-order valence-corrected chi connectivity index (χ0v) is 21.7. The first-order valence-electron chi connectivity index (χ1n) is 19.7. The summed E-state index contributed by atoms with van der Waals surface area (Å²) in [6.07, 6.45) is 0. The highest BCUT2D eigenvalue weighted by atomic mass is 16.4. The highest BCUT2D eigenvalue weighted by Crippen LogP contribution is 2.49. The molecule has 0 amide bonds. The lowest BCUT2D eigenvalue weighted by molar-refractivity contribution is 0.611. The van der Waals surface area contributed by atoms with Crippen molar-refractivity contribution in [2.75, 3.05) is 0 Å². The van der Waals surface area contributed by atoms with Crippen molar-refractivity contribution in [3.05, 3.63) is 145 Å². The number of fused-ring (bicyclic) bond motifs is 7. The van der Waals surface area contributed by atoms with Gasteiger partial charge in [0.2, 0.25) is 0 Å². The molecule has 0 aliphatic heterocycles. The number of para-hydroxylation sites is 1. The summed E-state index contributed by atoms with van der Waals surface area (Å²) in [6, 6.07) is 11.4. The molecule has 0 saturated heterocycles. The molecular formula is C40H24O2. The molecule has 2 heteroatoms. The van der Waals surface area contributed by atoms with Gasteiger partial charge in [0, 0.05) is 21.7 Å². The summed E-state index contributed by atoms with van der Waals surface area (Å²) < 4.78 is 128. The molecule has 9 aromatic rings. The van der Waals surface area contributed by atoms with Crippen molar-refractivity contribution in [1.29, 1.82) is 0 Å². The Balaban J connectivity index is 1.62. The van der Waals surface area contributed by atoms with Crippen LogP contribution in [-0.4, -0.2) is 0 Å². The van der Waals surface area contributed by atoms with Gasteiger partial charge in [-0.3, -0.25) is 0 Å². The monoisotopic (exact) mass is 549 g/mol. The van der Waals surface area contributed by atoms with Crippen LogP contribution in [0.4, 0.5) is 0 Å². The van der Waals surface area contributed by atoms with Gasteiger partial charge in [0.15, 0.2) is 11.2 Å². The van der Waals surface area contributed by atoms with E-state index >= 15 is 0 Å². The fourth-order valence-electron chi connectivity index (χ4n) is 5.85. The van der Waals surface area contributed by atoms with E-state index < -0.39 is 84.1 Å². The topological polar surface area (TPSA) is 26.3 Å². The molecule has 0 spiro atoms. The van der Waals surface area contributed by atoms with Gasteiger partial charge in [-0.15, -0.1) is 0 Å². The van der Waals surface area contributed by atoms with E-state index in [1.807, 2.05) is 30.3 Å². The lowest BCUT2D eigenvalue weighted by Crippen LogP contribution is -1.91. The summed E-state index contributed by atoms with van der Waals surface area (Å²) in [6.45, 7) is 0. The van der Waals surface area contributed by atoms with Gasteiger partial charge >= 0.3 is 0 Å². The third kappa shape index (κ3) is 3.33. The maximum atomic E-state index is 9.39. The van der Waals surface area contributed by atoms with Gasteiger partial charge in [-0.05, 0) is 62.0 Å². The van der Waals surface area contributed by atoms with Gasteiger partial charge < -0.3 is 8.83 Å². The highest BCUT2D eigenvalue weighted by molar-refractivity contribution is 6.28. The van der Waals surface area contributed by atoms with Crippen molar-refractivity contribution in [2.24, 2.45) is 0 Å². The second kappa shape index (κ2) is 8.95. The molecule has 9 rings (SSSR count). The summed E-state index contributed by atoms with van der Waals surface area (Å²) in [5.74, 6) is 0.504. The van der Waals surface area contributed by atoms with Crippen molar-refractivity contribution >= 4 is 54.5 Å². The van der Waals surface area contributed by atoms with E-state index in [1.165, 1.54) is 0 Å². The van der Waals surface area contributed by atoms with Gasteiger partial charge in [0.25, 0.3) is 0 Å². The van der Waals surface area contributed by atoms with Gasteiger partial charge in [-0.25, -0.2) is 0 Å². The van der Waals surface area contributed by atoms with E-state index in [2.05, 4.69) is 0 Å². The third-order valence-electron chi connectivity index (χ3n) is 7.58. The Hall–Kier alpha value is -5.60. The van der Waals surface area contributed by atoms with Crippen LogP contribution in [0.3, 0.4) is 0 Å². The van der Waals surface area contributed by atoms with E-state index in [-0.39, 0.29) is 38.3 Å². The van der Waals surface area contributed by atoms with Crippen LogP contribution in [0.5, 0.6) is 0 Å². The molecule has 0 fully saturated rings. The molecule has 0 radical (unpaired) electrons. The standard InChI is InChI=1S/C40H24O2/c1-3-13-25(14-4-1)35-24-27-23-33(38-32-21-11-12-22-34(32)41-40(38)39(27)42-35)37-30-19-9-7-17-28(30)36(26-15-5-2-6-16-26)29-18-8-10-20-31(29)37/h1-24H/i2D,5D,6D,7D,8D,9D,10D,15D,16D,17D,18D,19D,20D. The zero-order valence-electron chi connectivity index (χ0n) is 34.7. The first kappa shape index (κ1) is 13.8. The summed E-state index contributed by atoms with van der Waals surface area (Å²) >= 11 is 0. The lowest BCUT2D eigenvalue weighted by atomic mass is 9.84. The van der Waals surface area contributed by atoms with Gasteiger partial charge in [0.1, 0.15) is 11.3 Å². The molecular weight excluding hydrogens is 512 g/mol. The number of hydrogen-bond acceptors (Lipinski definition) is 2. The Morgan fingerprint density at radius 3 is 1.81 bits per heavy atom.